The van der Waals surface area contributed by atoms with Gasteiger partial charge in [0.05, 0.1) is 12.1 Å². The van der Waals surface area contributed by atoms with Crippen LogP contribution in [-0.2, 0) is 13.1 Å². The highest BCUT2D eigenvalue weighted by Crippen LogP contribution is 2.22. The van der Waals surface area contributed by atoms with Crippen molar-refractivity contribution in [2.24, 2.45) is 0 Å². The molecule has 120 valence electrons. The highest BCUT2D eigenvalue weighted by atomic mass is 19.1. The lowest BCUT2D eigenvalue weighted by molar-refractivity contribution is 0.0703. The maximum Gasteiger partial charge on any atom is 0.257 e. The molecule has 1 aliphatic rings. The summed E-state index contributed by atoms with van der Waals surface area (Å²) < 4.78 is 15.8. The van der Waals surface area contributed by atoms with E-state index in [4.69, 9.17) is 0 Å². The number of fused-ring (bicyclic) bond motifs is 1. The number of hydrogen-bond donors (Lipinski definition) is 0. The van der Waals surface area contributed by atoms with Crippen molar-refractivity contribution in [1.82, 2.24) is 24.6 Å². The summed E-state index contributed by atoms with van der Waals surface area (Å²) in [5.41, 5.74) is 1.01. The Balaban J connectivity index is 1.61. The van der Waals surface area contributed by atoms with Crippen molar-refractivity contribution in [2.45, 2.75) is 13.1 Å². The van der Waals surface area contributed by atoms with Gasteiger partial charge in [-0.3, -0.25) is 9.78 Å². The average Bonchev–Trinajstić information content (AvgIpc) is 3.05. The van der Waals surface area contributed by atoms with Crippen LogP contribution in [0.2, 0.25) is 0 Å². The first-order chi connectivity index (χ1) is 11.7. The molecule has 0 saturated carbocycles. The minimum atomic E-state index is -0.507. The molecule has 1 amide bonds. The molecule has 0 radical (unpaired) electrons. The zero-order valence-corrected chi connectivity index (χ0v) is 12.8. The number of nitrogens with zero attached hydrogens (tertiary/aromatic N) is 5. The van der Waals surface area contributed by atoms with Crippen molar-refractivity contribution in [3.8, 4) is 11.4 Å². The van der Waals surface area contributed by atoms with Gasteiger partial charge in [-0.15, -0.1) is 10.2 Å². The normalized spacial score (nSPS) is 13.6. The van der Waals surface area contributed by atoms with Crippen LogP contribution in [0.5, 0.6) is 0 Å². The number of amides is 1. The lowest BCUT2D eigenvalue weighted by atomic mass is 10.1. The molecule has 1 aromatic carbocycles. The Morgan fingerprint density at radius 2 is 1.83 bits per heavy atom. The quantitative estimate of drug-likeness (QED) is 0.725. The molecular weight excluding hydrogens is 309 g/mol. The fourth-order valence-electron chi connectivity index (χ4n) is 2.85. The van der Waals surface area contributed by atoms with Gasteiger partial charge in [0.2, 0.25) is 0 Å². The van der Waals surface area contributed by atoms with Gasteiger partial charge in [-0.1, -0.05) is 12.1 Å². The summed E-state index contributed by atoms with van der Waals surface area (Å²) in [4.78, 5) is 18.1. The Morgan fingerprint density at radius 1 is 1.04 bits per heavy atom. The number of halogens is 1. The number of rotatable bonds is 2. The number of pyridine rings is 1. The predicted molar refractivity (Wildman–Crippen MR) is 84.4 cm³/mol. The van der Waals surface area contributed by atoms with Gasteiger partial charge in [-0.2, -0.15) is 0 Å². The van der Waals surface area contributed by atoms with Gasteiger partial charge >= 0.3 is 0 Å². The number of hydrogen-bond acceptors (Lipinski definition) is 4. The summed E-state index contributed by atoms with van der Waals surface area (Å²) in [6, 6.07) is 9.76. The van der Waals surface area contributed by atoms with Crippen LogP contribution >= 0.6 is 0 Å². The molecule has 6 nitrogen and oxygen atoms in total. The zero-order valence-electron chi connectivity index (χ0n) is 12.8. The Kier molecular flexibility index (Phi) is 3.53. The van der Waals surface area contributed by atoms with Crippen molar-refractivity contribution in [1.29, 1.82) is 0 Å². The van der Waals surface area contributed by atoms with E-state index in [1.165, 1.54) is 12.1 Å². The maximum absolute atomic E-state index is 13.8. The van der Waals surface area contributed by atoms with E-state index in [-0.39, 0.29) is 11.5 Å². The molecule has 3 aromatic rings. The van der Waals surface area contributed by atoms with E-state index < -0.39 is 5.82 Å². The first kappa shape index (κ1) is 14.5. The van der Waals surface area contributed by atoms with Gasteiger partial charge in [-0.05, 0) is 24.3 Å². The number of carbonyl (C=O) groups is 1. The van der Waals surface area contributed by atoms with Crippen LogP contribution in [0.15, 0.2) is 48.8 Å². The molecule has 0 N–H and O–H groups in total. The number of aromatic nitrogens is 4. The van der Waals surface area contributed by atoms with Gasteiger partial charge in [0.1, 0.15) is 5.82 Å². The first-order valence-corrected chi connectivity index (χ1v) is 7.60. The summed E-state index contributed by atoms with van der Waals surface area (Å²) in [5.74, 6) is 0.614. The van der Waals surface area contributed by atoms with Crippen LogP contribution in [0.3, 0.4) is 0 Å². The highest BCUT2D eigenvalue weighted by molar-refractivity contribution is 5.94. The van der Waals surface area contributed by atoms with E-state index in [0.717, 1.165) is 11.4 Å². The monoisotopic (exact) mass is 323 g/mol. The second kappa shape index (κ2) is 5.84. The molecule has 1 aliphatic heterocycles. The molecule has 0 atom stereocenters. The molecule has 0 fully saturated rings. The third kappa shape index (κ3) is 2.44. The van der Waals surface area contributed by atoms with Gasteiger partial charge in [0, 0.05) is 31.0 Å². The molecule has 24 heavy (non-hydrogen) atoms. The van der Waals surface area contributed by atoms with E-state index in [1.807, 2.05) is 16.7 Å². The second-order valence-electron chi connectivity index (χ2n) is 5.53. The van der Waals surface area contributed by atoms with E-state index in [1.54, 1.807) is 29.4 Å². The standard InChI is InChI=1S/C17H14FN5O/c18-14-4-2-1-3-13(14)17(24)22-9-10-23-15(11-22)20-21-16(23)12-5-7-19-8-6-12/h1-8H,9-11H2. The smallest absolute Gasteiger partial charge is 0.257 e. The summed E-state index contributed by atoms with van der Waals surface area (Å²) in [6.45, 7) is 1.36. The van der Waals surface area contributed by atoms with Crippen LogP contribution in [-0.4, -0.2) is 37.1 Å². The third-order valence-electron chi connectivity index (χ3n) is 4.08. The van der Waals surface area contributed by atoms with Gasteiger partial charge in [0.15, 0.2) is 11.6 Å². The van der Waals surface area contributed by atoms with Crippen molar-refractivity contribution in [2.75, 3.05) is 6.54 Å². The third-order valence-corrected chi connectivity index (χ3v) is 4.08. The lowest BCUT2D eigenvalue weighted by Gasteiger charge is -2.28. The Labute approximate surface area is 137 Å². The molecule has 4 rings (SSSR count). The Bertz CT molecular complexity index is 893. The van der Waals surface area contributed by atoms with Crippen molar-refractivity contribution in [3.63, 3.8) is 0 Å². The highest BCUT2D eigenvalue weighted by Gasteiger charge is 2.26. The molecule has 0 spiro atoms. The fourth-order valence-corrected chi connectivity index (χ4v) is 2.85. The molecular formula is C17H14FN5O. The maximum atomic E-state index is 13.8. The largest absolute Gasteiger partial charge is 0.329 e. The van der Waals surface area contributed by atoms with Gasteiger partial charge in [-0.25, -0.2) is 4.39 Å². The van der Waals surface area contributed by atoms with Crippen LogP contribution in [0.4, 0.5) is 4.39 Å². The molecule has 3 heterocycles. The van der Waals surface area contributed by atoms with Gasteiger partial charge in [0.25, 0.3) is 5.91 Å². The summed E-state index contributed by atoms with van der Waals surface area (Å²) in [6.07, 6.45) is 3.40. The minimum absolute atomic E-state index is 0.0832. The summed E-state index contributed by atoms with van der Waals surface area (Å²) in [7, 11) is 0. The average molecular weight is 323 g/mol. The second-order valence-corrected chi connectivity index (χ2v) is 5.53. The number of benzene rings is 1. The van der Waals surface area contributed by atoms with E-state index in [9.17, 15) is 9.18 Å². The van der Waals surface area contributed by atoms with Gasteiger partial charge < -0.3 is 9.47 Å². The summed E-state index contributed by atoms with van der Waals surface area (Å²) >= 11 is 0. The van der Waals surface area contributed by atoms with Crippen molar-refractivity contribution >= 4 is 5.91 Å². The van der Waals surface area contributed by atoms with E-state index >= 15 is 0 Å². The van der Waals surface area contributed by atoms with Crippen LogP contribution in [0.25, 0.3) is 11.4 Å². The molecule has 2 aromatic heterocycles. The van der Waals surface area contributed by atoms with Crippen LogP contribution < -0.4 is 0 Å². The summed E-state index contributed by atoms with van der Waals surface area (Å²) in [5, 5.41) is 8.41. The zero-order chi connectivity index (χ0) is 16.5. The van der Waals surface area contributed by atoms with Crippen LogP contribution in [0.1, 0.15) is 16.2 Å². The van der Waals surface area contributed by atoms with Crippen molar-refractivity contribution in [3.05, 3.63) is 66.0 Å². The fraction of sp³-hybridized carbons (Fsp3) is 0.176. The van der Waals surface area contributed by atoms with Crippen LogP contribution in [0, 0.1) is 5.82 Å². The first-order valence-electron chi connectivity index (χ1n) is 7.60. The molecule has 0 bridgehead atoms. The predicted octanol–water partition coefficient (Wildman–Crippen LogP) is 2.14. The topological polar surface area (TPSA) is 63.9 Å². The lowest BCUT2D eigenvalue weighted by Crippen LogP contribution is -2.38. The molecule has 0 aliphatic carbocycles. The van der Waals surface area contributed by atoms with E-state index in [0.29, 0.717) is 25.5 Å². The molecule has 7 heteroatoms. The molecule has 0 saturated heterocycles. The minimum Gasteiger partial charge on any atom is -0.329 e. The SMILES string of the molecule is O=C(c1ccccc1F)N1CCn2c(nnc2-c2ccncc2)C1. The Morgan fingerprint density at radius 3 is 2.62 bits per heavy atom. The molecule has 0 unspecified atom stereocenters. The Hall–Kier alpha value is -3.09. The van der Waals surface area contributed by atoms with Crippen molar-refractivity contribution < 1.29 is 9.18 Å². The number of carbonyl (C=O) groups excluding carboxylic acids is 1. The van der Waals surface area contributed by atoms with E-state index in [2.05, 4.69) is 15.2 Å².